The van der Waals surface area contributed by atoms with E-state index in [0.29, 0.717) is 13.1 Å². The second-order valence-electron chi connectivity index (χ2n) is 9.17. The maximum absolute atomic E-state index is 13.0. The van der Waals surface area contributed by atoms with Crippen LogP contribution in [0.1, 0.15) is 55.2 Å². The molecule has 0 atom stereocenters. The molecule has 1 aliphatic heterocycles. The van der Waals surface area contributed by atoms with E-state index in [1.807, 2.05) is 6.07 Å². The molecular formula is C24H30BrN3OS. The third-order valence-corrected chi connectivity index (χ3v) is 7.44. The maximum Gasteiger partial charge on any atom is 0.268 e. The molecule has 0 unspecified atom stereocenters. The smallest absolute Gasteiger partial charge is 0.268 e. The number of halogens is 1. The van der Waals surface area contributed by atoms with Crippen LogP contribution in [0.3, 0.4) is 0 Å². The summed E-state index contributed by atoms with van der Waals surface area (Å²) in [5, 5.41) is 3.14. The van der Waals surface area contributed by atoms with Crippen molar-refractivity contribution >= 4 is 43.4 Å². The summed E-state index contributed by atoms with van der Waals surface area (Å²) < 4.78 is 4.37. The van der Waals surface area contributed by atoms with Crippen molar-refractivity contribution in [3.63, 3.8) is 0 Å². The molecule has 1 saturated heterocycles. The number of aromatic nitrogens is 1. The molecule has 1 aromatic carbocycles. The minimum Gasteiger partial charge on any atom is -0.349 e. The van der Waals surface area contributed by atoms with E-state index in [2.05, 4.69) is 81.8 Å². The topological polar surface area (TPSA) is 37.3 Å². The Kier molecular flexibility index (Phi) is 6.37. The fraction of sp³-hybridized carbons (Fsp3) is 0.458. The highest BCUT2D eigenvalue weighted by Crippen LogP contribution is 2.33. The summed E-state index contributed by atoms with van der Waals surface area (Å²) in [7, 11) is 0. The lowest BCUT2D eigenvalue weighted by Crippen LogP contribution is -2.34. The Hall–Kier alpha value is -1.63. The zero-order valence-electron chi connectivity index (χ0n) is 18.0. The van der Waals surface area contributed by atoms with Crippen molar-refractivity contribution in [2.24, 2.45) is 0 Å². The van der Waals surface area contributed by atoms with Crippen molar-refractivity contribution in [3.05, 3.63) is 57.0 Å². The first-order valence-corrected chi connectivity index (χ1v) is 12.3. The third-order valence-electron chi connectivity index (χ3n) is 5.87. The number of hydrogen-bond donors (Lipinski definition) is 1. The summed E-state index contributed by atoms with van der Waals surface area (Å²) in [5.74, 6) is 0.0139. The number of rotatable bonds is 6. The van der Waals surface area contributed by atoms with E-state index < -0.39 is 0 Å². The zero-order valence-corrected chi connectivity index (χ0v) is 20.4. The van der Waals surface area contributed by atoms with Gasteiger partial charge in [-0.05, 0) is 70.5 Å². The highest BCUT2D eigenvalue weighted by molar-refractivity contribution is 9.11. The fourth-order valence-electron chi connectivity index (χ4n) is 4.09. The summed E-state index contributed by atoms with van der Waals surface area (Å²) >= 11 is 5.27. The van der Waals surface area contributed by atoms with Gasteiger partial charge in [-0.2, -0.15) is 0 Å². The third kappa shape index (κ3) is 4.82. The molecule has 2 aromatic heterocycles. The standard InChI is InChI=1S/C24H30BrN3OS/c1-24(2,3)18-8-6-17(7-9-18)16-28-19-15-22(25)30-21(19)14-20(28)23(29)26-10-13-27-11-4-5-12-27/h6-9,14-15H,4-5,10-13,16H2,1-3H3,(H,26,29). The molecule has 1 N–H and O–H groups in total. The van der Waals surface area contributed by atoms with Crippen LogP contribution in [0, 0.1) is 0 Å². The number of nitrogens with zero attached hydrogens (tertiary/aromatic N) is 2. The van der Waals surface area contributed by atoms with Gasteiger partial charge in [-0.1, -0.05) is 45.0 Å². The van der Waals surface area contributed by atoms with E-state index in [4.69, 9.17) is 0 Å². The lowest BCUT2D eigenvalue weighted by molar-refractivity contribution is 0.0941. The SMILES string of the molecule is CC(C)(C)c1ccc(Cn2c(C(=O)NCCN3CCCC3)cc3sc(Br)cc32)cc1. The number of thiophene rings is 1. The number of hydrogen-bond acceptors (Lipinski definition) is 3. The molecule has 3 aromatic rings. The largest absolute Gasteiger partial charge is 0.349 e. The van der Waals surface area contributed by atoms with Gasteiger partial charge < -0.3 is 14.8 Å². The minimum absolute atomic E-state index is 0.0139. The summed E-state index contributed by atoms with van der Waals surface area (Å²) in [6, 6.07) is 12.9. The molecule has 4 nitrogen and oxygen atoms in total. The van der Waals surface area contributed by atoms with Gasteiger partial charge in [0, 0.05) is 19.6 Å². The van der Waals surface area contributed by atoms with Crippen LogP contribution in [-0.4, -0.2) is 41.6 Å². The molecule has 0 bridgehead atoms. The molecular weight excluding hydrogens is 458 g/mol. The molecule has 30 heavy (non-hydrogen) atoms. The molecule has 160 valence electrons. The van der Waals surface area contributed by atoms with Crippen molar-refractivity contribution in [1.29, 1.82) is 0 Å². The molecule has 1 aliphatic rings. The first-order valence-electron chi connectivity index (χ1n) is 10.7. The molecule has 0 spiro atoms. The number of carbonyl (C=O) groups excluding carboxylic acids is 1. The first kappa shape index (κ1) is 21.6. The lowest BCUT2D eigenvalue weighted by Gasteiger charge is -2.19. The lowest BCUT2D eigenvalue weighted by atomic mass is 9.87. The van der Waals surface area contributed by atoms with Gasteiger partial charge in [-0.25, -0.2) is 0 Å². The quantitative estimate of drug-likeness (QED) is 0.488. The Balaban J connectivity index is 1.54. The summed E-state index contributed by atoms with van der Waals surface area (Å²) in [5.41, 5.74) is 4.51. The predicted octanol–water partition coefficient (Wildman–Crippen LogP) is 5.64. The highest BCUT2D eigenvalue weighted by Gasteiger charge is 2.19. The van der Waals surface area contributed by atoms with Crippen molar-refractivity contribution in [3.8, 4) is 0 Å². The van der Waals surface area contributed by atoms with Crippen molar-refractivity contribution < 1.29 is 4.79 Å². The zero-order chi connectivity index (χ0) is 21.3. The Morgan fingerprint density at radius 3 is 2.50 bits per heavy atom. The molecule has 0 aliphatic carbocycles. The van der Waals surface area contributed by atoms with Crippen LogP contribution in [0.5, 0.6) is 0 Å². The Morgan fingerprint density at radius 2 is 1.83 bits per heavy atom. The number of carbonyl (C=O) groups is 1. The van der Waals surface area contributed by atoms with Crippen LogP contribution < -0.4 is 5.32 Å². The van der Waals surface area contributed by atoms with Gasteiger partial charge in [0.15, 0.2) is 0 Å². The van der Waals surface area contributed by atoms with Crippen LogP contribution in [0.25, 0.3) is 10.2 Å². The average Bonchev–Trinajstić information content (AvgIpc) is 3.39. The monoisotopic (exact) mass is 487 g/mol. The molecule has 1 amide bonds. The van der Waals surface area contributed by atoms with E-state index in [-0.39, 0.29) is 11.3 Å². The van der Waals surface area contributed by atoms with Gasteiger partial charge >= 0.3 is 0 Å². The Morgan fingerprint density at radius 1 is 1.13 bits per heavy atom. The van der Waals surface area contributed by atoms with Crippen LogP contribution >= 0.6 is 27.3 Å². The molecule has 0 saturated carbocycles. The van der Waals surface area contributed by atoms with Gasteiger partial charge in [0.25, 0.3) is 5.91 Å². The van der Waals surface area contributed by atoms with E-state index >= 15 is 0 Å². The Labute approximate surface area is 191 Å². The van der Waals surface area contributed by atoms with Crippen LogP contribution in [0.2, 0.25) is 0 Å². The highest BCUT2D eigenvalue weighted by atomic mass is 79.9. The summed E-state index contributed by atoms with van der Waals surface area (Å²) in [6.45, 7) is 11.3. The van der Waals surface area contributed by atoms with Crippen molar-refractivity contribution in [1.82, 2.24) is 14.8 Å². The van der Waals surface area contributed by atoms with E-state index in [0.717, 1.165) is 39.3 Å². The number of amides is 1. The Bertz CT molecular complexity index is 1020. The molecule has 4 rings (SSSR count). The normalized spacial score (nSPS) is 15.2. The van der Waals surface area contributed by atoms with E-state index in [1.54, 1.807) is 11.3 Å². The van der Waals surface area contributed by atoms with Crippen LogP contribution in [0.4, 0.5) is 0 Å². The van der Waals surface area contributed by atoms with Crippen molar-refractivity contribution in [2.75, 3.05) is 26.2 Å². The summed E-state index contributed by atoms with van der Waals surface area (Å²) in [4.78, 5) is 15.4. The van der Waals surface area contributed by atoms with E-state index in [1.165, 1.54) is 24.0 Å². The predicted molar refractivity (Wildman–Crippen MR) is 130 cm³/mol. The van der Waals surface area contributed by atoms with Crippen LogP contribution in [0.15, 0.2) is 40.2 Å². The van der Waals surface area contributed by atoms with Crippen molar-refractivity contribution in [2.45, 2.75) is 45.6 Å². The van der Waals surface area contributed by atoms with Gasteiger partial charge in [-0.15, -0.1) is 11.3 Å². The molecule has 6 heteroatoms. The van der Waals surface area contributed by atoms with E-state index in [9.17, 15) is 4.79 Å². The van der Waals surface area contributed by atoms with Gasteiger partial charge in [0.05, 0.1) is 14.0 Å². The first-order chi connectivity index (χ1) is 14.3. The number of benzene rings is 1. The number of likely N-dealkylation sites (tertiary alicyclic amines) is 1. The second-order valence-corrected chi connectivity index (χ2v) is 11.6. The summed E-state index contributed by atoms with van der Waals surface area (Å²) in [6.07, 6.45) is 2.55. The molecule has 1 fully saturated rings. The fourth-order valence-corrected chi connectivity index (χ4v) is 5.65. The van der Waals surface area contributed by atoms with Crippen LogP contribution in [-0.2, 0) is 12.0 Å². The average molecular weight is 488 g/mol. The van der Waals surface area contributed by atoms with Gasteiger partial charge in [0.2, 0.25) is 0 Å². The van der Waals surface area contributed by atoms with Gasteiger partial charge in [0.1, 0.15) is 5.69 Å². The van der Waals surface area contributed by atoms with Gasteiger partial charge in [-0.3, -0.25) is 4.79 Å². The number of nitrogens with one attached hydrogen (secondary N) is 1. The maximum atomic E-state index is 13.0. The number of fused-ring (bicyclic) bond motifs is 1. The molecule has 0 radical (unpaired) electrons. The minimum atomic E-state index is 0.0139. The second kappa shape index (κ2) is 8.85. The molecule has 3 heterocycles.